The average Bonchev–Trinajstić information content (AvgIpc) is 3.02. The Balaban J connectivity index is 1.29. The summed E-state index contributed by atoms with van der Waals surface area (Å²) in [6.07, 6.45) is 7.74. The molecule has 3 rings (SSSR count). The fourth-order valence-corrected chi connectivity index (χ4v) is 3.44. The van der Waals surface area contributed by atoms with Crippen LogP contribution < -0.4 is 9.64 Å². The van der Waals surface area contributed by atoms with E-state index in [2.05, 4.69) is 20.9 Å². The van der Waals surface area contributed by atoms with Crippen LogP contribution in [-0.2, 0) is 0 Å². The number of hydrogen-bond donors (Lipinski definition) is 0. The summed E-state index contributed by atoms with van der Waals surface area (Å²) in [5.74, 6) is 0.901. The van der Waals surface area contributed by atoms with Gasteiger partial charge in [0.2, 0.25) is 0 Å². The van der Waals surface area contributed by atoms with E-state index in [9.17, 15) is 4.79 Å². The highest BCUT2D eigenvalue weighted by Gasteiger charge is 2.28. The van der Waals surface area contributed by atoms with Crippen LogP contribution in [0.25, 0.3) is 0 Å². The van der Waals surface area contributed by atoms with Crippen LogP contribution in [0.2, 0.25) is 0 Å². The van der Waals surface area contributed by atoms with Gasteiger partial charge in [-0.25, -0.2) is 4.79 Å². The van der Waals surface area contributed by atoms with Crippen LogP contribution in [0, 0.1) is 0 Å². The molecule has 0 atom stereocenters. The van der Waals surface area contributed by atoms with E-state index < -0.39 is 0 Å². The number of aromatic nitrogens is 1. The van der Waals surface area contributed by atoms with Crippen molar-refractivity contribution in [1.29, 1.82) is 0 Å². The van der Waals surface area contributed by atoms with Gasteiger partial charge in [0.1, 0.15) is 5.75 Å². The van der Waals surface area contributed by atoms with Crippen molar-refractivity contribution in [2.75, 3.05) is 31.1 Å². The molecule has 1 saturated heterocycles. The molecule has 0 spiro atoms. The number of anilines is 1. The number of amides is 2. The number of carbonyl (C=O) groups excluding carboxylic acids is 1. The van der Waals surface area contributed by atoms with Crippen LogP contribution in [0.1, 0.15) is 25.7 Å². The number of pyridine rings is 1. The lowest BCUT2D eigenvalue weighted by Gasteiger charge is -2.18. The molecule has 6 heteroatoms. The number of rotatable bonds is 9. The average molecular weight is 418 g/mol. The molecule has 0 saturated carbocycles. The van der Waals surface area contributed by atoms with Gasteiger partial charge in [-0.05, 0) is 43.2 Å². The molecular formula is C20H24BrN3O2. The first-order valence-corrected chi connectivity index (χ1v) is 9.88. The van der Waals surface area contributed by atoms with Crippen molar-refractivity contribution in [3.8, 4) is 5.75 Å². The molecule has 0 bridgehead atoms. The lowest BCUT2D eigenvalue weighted by Crippen LogP contribution is -2.32. The first kappa shape index (κ1) is 18.7. The van der Waals surface area contributed by atoms with E-state index in [4.69, 9.17) is 4.74 Å². The summed E-state index contributed by atoms with van der Waals surface area (Å²) >= 11 is 3.44. The normalized spacial score (nSPS) is 14.1. The Hall–Kier alpha value is -2.08. The molecule has 1 aliphatic rings. The Morgan fingerprint density at radius 3 is 2.65 bits per heavy atom. The minimum absolute atomic E-state index is 0.106. The van der Waals surface area contributed by atoms with Gasteiger partial charge in [0.15, 0.2) is 0 Å². The molecule has 5 nitrogen and oxygen atoms in total. The fraction of sp³-hybridized carbons (Fsp3) is 0.400. The largest absolute Gasteiger partial charge is 0.494 e. The van der Waals surface area contributed by atoms with Gasteiger partial charge in [-0.15, -0.1) is 0 Å². The van der Waals surface area contributed by atoms with Crippen LogP contribution in [0.3, 0.4) is 0 Å². The number of nitrogens with zero attached hydrogens (tertiary/aromatic N) is 3. The zero-order valence-electron chi connectivity index (χ0n) is 14.8. The number of unbranched alkanes of at least 4 members (excludes halogenated alkanes) is 3. The molecule has 1 aliphatic heterocycles. The molecule has 0 radical (unpaired) electrons. The Kier molecular flexibility index (Phi) is 6.89. The van der Waals surface area contributed by atoms with E-state index in [1.54, 1.807) is 12.4 Å². The highest BCUT2D eigenvalue weighted by Crippen LogP contribution is 2.20. The van der Waals surface area contributed by atoms with Crippen LogP contribution in [0.4, 0.5) is 10.5 Å². The van der Waals surface area contributed by atoms with Crippen LogP contribution >= 0.6 is 15.9 Å². The molecule has 26 heavy (non-hydrogen) atoms. The molecule has 138 valence electrons. The summed E-state index contributed by atoms with van der Waals surface area (Å²) in [6, 6.07) is 11.8. The van der Waals surface area contributed by atoms with Crippen molar-refractivity contribution in [3.05, 3.63) is 53.3 Å². The van der Waals surface area contributed by atoms with Gasteiger partial charge in [0, 0.05) is 42.2 Å². The molecule has 2 aromatic rings. The minimum Gasteiger partial charge on any atom is -0.494 e. The van der Waals surface area contributed by atoms with Crippen molar-refractivity contribution in [2.45, 2.75) is 25.7 Å². The topological polar surface area (TPSA) is 45.7 Å². The molecule has 1 aromatic carbocycles. The number of ether oxygens (including phenoxy) is 1. The van der Waals surface area contributed by atoms with Gasteiger partial charge in [0.05, 0.1) is 6.61 Å². The third-order valence-electron chi connectivity index (χ3n) is 4.46. The van der Waals surface area contributed by atoms with Crippen molar-refractivity contribution >= 4 is 27.6 Å². The number of benzene rings is 1. The standard InChI is InChI=1S/C20H24BrN3O2/c21-17-6-5-7-19(16-17)26-15-4-2-1-3-12-23-13-14-24(20(23)25)18-8-10-22-11-9-18/h5-11,16H,1-4,12-15H2. The SMILES string of the molecule is O=C1N(CCCCCCOc2cccc(Br)c2)CCN1c1ccncc1. The van der Waals surface area contributed by atoms with Crippen LogP contribution in [-0.4, -0.2) is 42.2 Å². The zero-order valence-corrected chi connectivity index (χ0v) is 16.4. The van der Waals surface area contributed by atoms with Crippen molar-refractivity contribution in [3.63, 3.8) is 0 Å². The fourth-order valence-electron chi connectivity index (χ4n) is 3.06. The minimum atomic E-state index is 0.106. The number of urea groups is 1. The maximum atomic E-state index is 12.5. The summed E-state index contributed by atoms with van der Waals surface area (Å²) in [5, 5.41) is 0. The molecule has 0 unspecified atom stereocenters. The Labute approximate surface area is 163 Å². The van der Waals surface area contributed by atoms with Crippen molar-refractivity contribution in [1.82, 2.24) is 9.88 Å². The number of halogens is 1. The number of hydrogen-bond acceptors (Lipinski definition) is 3. The summed E-state index contributed by atoms with van der Waals surface area (Å²) in [7, 11) is 0. The first-order chi connectivity index (χ1) is 12.7. The predicted octanol–water partition coefficient (Wildman–Crippen LogP) is 4.73. The van der Waals surface area contributed by atoms with Crippen LogP contribution in [0.15, 0.2) is 53.3 Å². The Bertz CT molecular complexity index is 711. The lowest BCUT2D eigenvalue weighted by atomic mass is 10.2. The number of carbonyl (C=O) groups is 1. The molecule has 2 heterocycles. The highest BCUT2D eigenvalue weighted by molar-refractivity contribution is 9.10. The Morgan fingerprint density at radius 1 is 1.04 bits per heavy atom. The molecule has 0 N–H and O–H groups in total. The van der Waals surface area contributed by atoms with Gasteiger partial charge in [0.25, 0.3) is 0 Å². The van der Waals surface area contributed by atoms with E-state index in [1.165, 1.54) is 0 Å². The lowest BCUT2D eigenvalue weighted by molar-refractivity contribution is 0.219. The van der Waals surface area contributed by atoms with Gasteiger partial charge in [-0.3, -0.25) is 9.88 Å². The quantitative estimate of drug-likeness (QED) is 0.554. The first-order valence-electron chi connectivity index (χ1n) is 9.09. The molecule has 2 amide bonds. The molecule has 0 aliphatic carbocycles. The molecule has 1 fully saturated rings. The predicted molar refractivity (Wildman–Crippen MR) is 107 cm³/mol. The second-order valence-electron chi connectivity index (χ2n) is 6.35. The second kappa shape index (κ2) is 9.57. The summed E-state index contributed by atoms with van der Waals surface area (Å²) in [5.41, 5.74) is 0.928. The smallest absolute Gasteiger partial charge is 0.324 e. The third kappa shape index (κ3) is 5.21. The van der Waals surface area contributed by atoms with E-state index >= 15 is 0 Å². The Morgan fingerprint density at radius 2 is 1.85 bits per heavy atom. The van der Waals surface area contributed by atoms with E-state index in [0.717, 1.165) is 67.8 Å². The summed E-state index contributed by atoms with van der Waals surface area (Å²) < 4.78 is 6.77. The highest BCUT2D eigenvalue weighted by atomic mass is 79.9. The van der Waals surface area contributed by atoms with E-state index in [0.29, 0.717) is 0 Å². The zero-order chi connectivity index (χ0) is 18.2. The second-order valence-corrected chi connectivity index (χ2v) is 7.26. The van der Waals surface area contributed by atoms with Gasteiger partial charge in [-0.2, -0.15) is 0 Å². The molecule has 1 aromatic heterocycles. The van der Waals surface area contributed by atoms with Crippen molar-refractivity contribution < 1.29 is 9.53 Å². The van der Waals surface area contributed by atoms with Gasteiger partial charge >= 0.3 is 6.03 Å². The van der Waals surface area contributed by atoms with Gasteiger partial charge < -0.3 is 9.64 Å². The summed E-state index contributed by atoms with van der Waals surface area (Å²) in [4.78, 5) is 20.2. The van der Waals surface area contributed by atoms with E-state index in [-0.39, 0.29) is 6.03 Å². The summed E-state index contributed by atoms with van der Waals surface area (Å²) in [6.45, 7) is 3.11. The third-order valence-corrected chi connectivity index (χ3v) is 4.95. The maximum absolute atomic E-state index is 12.5. The monoisotopic (exact) mass is 417 g/mol. The van der Waals surface area contributed by atoms with Gasteiger partial charge in [-0.1, -0.05) is 34.8 Å². The molecular weight excluding hydrogens is 394 g/mol. The van der Waals surface area contributed by atoms with Crippen LogP contribution in [0.5, 0.6) is 5.75 Å². The van der Waals surface area contributed by atoms with E-state index in [1.807, 2.05) is 46.2 Å². The maximum Gasteiger partial charge on any atom is 0.324 e. The van der Waals surface area contributed by atoms with Crippen molar-refractivity contribution in [2.24, 2.45) is 0 Å².